The van der Waals surface area contributed by atoms with Gasteiger partial charge in [0.25, 0.3) is 0 Å². The zero-order chi connectivity index (χ0) is 14.8. The number of carboxylic acid groups (broad SMARTS) is 2. The van der Waals surface area contributed by atoms with Crippen molar-refractivity contribution in [2.45, 2.75) is 77.0 Å². The van der Waals surface area contributed by atoms with E-state index in [2.05, 4.69) is 0 Å². The molecule has 2 N–H and O–H groups in total. The molecular formula is C16H28O4. The molecule has 2 fully saturated rings. The first-order valence-corrected chi connectivity index (χ1v) is 8.01. The van der Waals surface area contributed by atoms with E-state index in [4.69, 9.17) is 10.2 Å². The zero-order valence-corrected chi connectivity index (χ0v) is 12.4. The molecule has 2 aliphatic carbocycles. The van der Waals surface area contributed by atoms with Gasteiger partial charge in [0.15, 0.2) is 0 Å². The zero-order valence-electron chi connectivity index (χ0n) is 12.4. The van der Waals surface area contributed by atoms with Crippen LogP contribution in [0.4, 0.5) is 0 Å². The Labute approximate surface area is 121 Å². The van der Waals surface area contributed by atoms with Crippen molar-refractivity contribution in [3.63, 3.8) is 0 Å². The molecule has 116 valence electrons. The van der Waals surface area contributed by atoms with Crippen LogP contribution in [0.1, 0.15) is 77.0 Å². The Morgan fingerprint density at radius 3 is 1.25 bits per heavy atom. The van der Waals surface area contributed by atoms with E-state index in [1.807, 2.05) is 0 Å². The van der Waals surface area contributed by atoms with E-state index in [0.29, 0.717) is 12.8 Å². The summed E-state index contributed by atoms with van der Waals surface area (Å²) in [5.74, 6) is 0.144. The summed E-state index contributed by atoms with van der Waals surface area (Å²) in [6.07, 6.45) is 12.8. The van der Waals surface area contributed by atoms with Gasteiger partial charge >= 0.3 is 11.9 Å². The molecule has 4 nitrogen and oxygen atoms in total. The van der Waals surface area contributed by atoms with E-state index in [1.54, 1.807) is 0 Å². The van der Waals surface area contributed by atoms with Crippen molar-refractivity contribution in [2.24, 2.45) is 11.8 Å². The third-order valence-electron chi connectivity index (χ3n) is 4.48. The van der Waals surface area contributed by atoms with Gasteiger partial charge in [-0.1, -0.05) is 51.4 Å². The van der Waals surface area contributed by atoms with Gasteiger partial charge in [-0.25, -0.2) is 0 Å². The van der Waals surface area contributed by atoms with Gasteiger partial charge in [-0.3, -0.25) is 9.59 Å². The van der Waals surface area contributed by atoms with Gasteiger partial charge in [0.2, 0.25) is 0 Å². The lowest BCUT2D eigenvalue weighted by molar-refractivity contribution is -0.138. The fourth-order valence-electron chi connectivity index (χ4n) is 3.25. The fourth-order valence-corrected chi connectivity index (χ4v) is 3.25. The highest BCUT2D eigenvalue weighted by atomic mass is 16.4. The first kappa shape index (κ1) is 17.0. The summed E-state index contributed by atoms with van der Waals surface area (Å²) in [5.41, 5.74) is 0. The number of hydrogen-bond acceptors (Lipinski definition) is 2. The predicted molar refractivity (Wildman–Crippen MR) is 77.7 cm³/mol. The van der Waals surface area contributed by atoms with E-state index in [1.165, 1.54) is 51.4 Å². The van der Waals surface area contributed by atoms with Crippen LogP contribution < -0.4 is 0 Å². The molecule has 2 rings (SSSR count). The second-order valence-electron chi connectivity index (χ2n) is 6.17. The molecular weight excluding hydrogens is 256 g/mol. The van der Waals surface area contributed by atoms with Crippen LogP contribution in [0.2, 0.25) is 0 Å². The van der Waals surface area contributed by atoms with E-state index < -0.39 is 11.9 Å². The molecule has 0 aliphatic heterocycles. The maximum Gasteiger partial charge on any atom is 0.303 e. The Bertz CT molecular complexity index is 259. The quantitative estimate of drug-likeness (QED) is 0.770. The maximum absolute atomic E-state index is 10.2. The molecule has 0 aromatic rings. The van der Waals surface area contributed by atoms with Gasteiger partial charge in [-0.2, -0.15) is 0 Å². The highest BCUT2D eigenvalue weighted by molar-refractivity contribution is 5.66. The first-order valence-electron chi connectivity index (χ1n) is 8.01. The van der Waals surface area contributed by atoms with Crippen molar-refractivity contribution in [3.05, 3.63) is 0 Å². The number of rotatable bonds is 6. The molecule has 2 aliphatic rings. The smallest absolute Gasteiger partial charge is 0.303 e. The Balaban J connectivity index is 0.000000200. The minimum atomic E-state index is -0.646. The number of carbonyl (C=O) groups is 2. The van der Waals surface area contributed by atoms with Gasteiger partial charge in [0.05, 0.1) is 0 Å². The molecule has 0 aromatic heterocycles. The summed E-state index contributed by atoms with van der Waals surface area (Å²) in [4.78, 5) is 20.3. The molecule has 0 unspecified atom stereocenters. The molecule has 0 saturated heterocycles. The highest BCUT2D eigenvalue weighted by Gasteiger charge is 2.16. The van der Waals surface area contributed by atoms with Crippen LogP contribution in [0.15, 0.2) is 0 Å². The molecule has 0 atom stereocenters. The highest BCUT2D eigenvalue weighted by Crippen LogP contribution is 2.28. The molecule has 0 radical (unpaired) electrons. The van der Waals surface area contributed by atoms with Crippen LogP contribution >= 0.6 is 0 Å². The minimum Gasteiger partial charge on any atom is -0.481 e. The Hall–Kier alpha value is -1.06. The van der Waals surface area contributed by atoms with Crippen LogP contribution in [-0.4, -0.2) is 22.2 Å². The van der Waals surface area contributed by atoms with Gasteiger partial charge < -0.3 is 10.2 Å². The molecule has 0 bridgehead atoms. The van der Waals surface area contributed by atoms with Crippen molar-refractivity contribution in [1.82, 2.24) is 0 Å². The lowest BCUT2D eigenvalue weighted by Gasteiger charge is -2.04. The maximum atomic E-state index is 10.2. The number of hydrogen-bond donors (Lipinski definition) is 2. The number of aliphatic carboxylic acids is 2. The van der Waals surface area contributed by atoms with Crippen molar-refractivity contribution >= 4 is 11.9 Å². The molecule has 2 saturated carbocycles. The van der Waals surface area contributed by atoms with E-state index in [-0.39, 0.29) is 0 Å². The van der Waals surface area contributed by atoms with Crippen molar-refractivity contribution in [1.29, 1.82) is 0 Å². The Morgan fingerprint density at radius 1 is 0.700 bits per heavy atom. The summed E-state index contributed by atoms with van der Waals surface area (Å²) >= 11 is 0. The summed E-state index contributed by atoms with van der Waals surface area (Å²) in [6, 6.07) is 0. The Morgan fingerprint density at radius 2 is 1.00 bits per heavy atom. The largest absolute Gasteiger partial charge is 0.481 e. The van der Waals surface area contributed by atoms with E-state index in [9.17, 15) is 9.59 Å². The van der Waals surface area contributed by atoms with E-state index in [0.717, 1.165) is 24.7 Å². The molecule has 0 aromatic carbocycles. The average Bonchev–Trinajstić information content (AvgIpc) is 3.08. The van der Waals surface area contributed by atoms with Gasteiger partial charge in [0, 0.05) is 12.8 Å². The summed E-state index contributed by atoms with van der Waals surface area (Å²) in [7, 11) is 0. The van der Waals surface area contributed by atoms with Gasteiger partial charge in [0.1, 0.15) is 0 Å². The molecule has 20 heavy (non-hydrogen) atoms. The lowest BCUT2D eigenvalue weighted by atomic mass is 10.0. The second kappa shape index (κ2) is 9.78. The molecule has 0 heterocycles. The van der Waals surface area contributed by atoms with Gasteiger partial charge in [-0.15, -0.1) is 0 Å². The van der Waals surface area contributed by atoms with Gasteiger partial charge in [-0.05, 0) is 24.7 Å². The topological polar surface area (TPSA) is 74.6 Å². The predicted octanol–water partition coefficient (Wildman–Crippen LogP) is 4.08. The van der Waals surface area contributed by atoms with Crippen LogP contribution in [0.5, 0.6) is 0 Å². The third kappa shape index (κ3) is 8.18. The fraction of sp³-hybridized carbons (Fsp3) is 0.875. The monoisotopic (exact) mass is 284 g/mol. The first-order chi connectivity index (χ1) is 9.58. The second-order valence-corrected chi connectivity index (χ2v) is 6.17. The van der Waals surface area contributed by atoms with Crippen molar-refractivity contribution in [3.8, 4) is 0 Å². The van der Waals surface area contributed by atoms with Crippen molar-refractivity contribution < 1.29 is 19.8 Å². The van der Waals surface area contributed by atoms with Crippen molar-refractivity contribution in [2.75, 3.05) is 0 Å². The van der Waals surface area contributed by atoms with Crippen LogP contribution in [0.25, 0.3) is 0 Å². The number of carboxylic acids is 2. The minimum absolute atomic E-state index is 0.366. The van der Waals surface area contributed by atoms with Crippen LogP contribution in [0, 0.1) is 11.8 Å². The van der Waals surface area contributed by atoms with E-state index >= 15 is 0 Å². The molecule has 0 amide bonds. The Kier molecular flexibility index (Phi) is 8.31. The average molecular weight is 284 g/mol. The molecule has 4 heteroatoms. The summed E-state index contributed by atoms with van der Waals surface area (Å²) in [6.45, 7) is 0. The summed E-state index contributed by atoms with van der Waals surface area (Å²) in [5, 5.41) is 16.7. The van der Waals surface area contributed by atoms with Crippen LogP contribution in [0.3, 0.4) is 0 Å². The third-order valence-corrected chi connectivity index (χ3v) is 4.48. The standard InChI is InChI=1S/2C8H14O2/c2*9-8(10)6-5-7-3-1-2-4-7/h2*7H,1-6H2,(H,9,10). The SMILES string of the molecule is O=C(O)CCC1CCCC1.O=C(O)CCC1CCCC1. The van der Waals surface area contributed by atoms with Crippen LogP contribution in [-0.2, 0) is 9.59 Å². The molecule has 0 spiro atoms. The lowest BCUT2D eigenvalue weighted by Crippen LogP contribution is -1.99. The summed E-state index contributed by atoms with van der Waals surface area (Å²) < 4.78 is 0. The normalized spacial score (nSPS) is 19.6.